The van der Waals surface area contributed by atoms with Crippen molar-refractivity contribution in [2.75, 3.05) is 20.8 Å². The summed E-state index contributed by atoms with van der Waals surface area (Å²) in [6, 6.07) is 4.89. The van der Waals surface area contributed by atoms with Gasteiger partial charge in [-0.1, -0.05) is 12.1 Å². The molecule has 2 rings (SSSR count). The molecule has 1 aromatic rings. The van der Waals surface area contributed by atoms with Crippen molar-refractivity contribution in [3.63, 3.8) is 0 Å². The van der Waals surface area contributed by atoms with E-state index >= 15 is 0 Å². The van der Waals surface area contributed by atoms with E-state index in [0.717, 1.165) is 5.06 Å². The van der Waals surface area contributed by atoms with Crippen LogP contribution >= 0.6 is 0 Å². The van der Waals surface area contributed by atoms with Crippen molar-refractivity contribution in [2.24, 2.45) is 5.92 Å². The predicted molar refractivity (Wildman–Crippen MR) is 75.7 cm³/mol. The normalized spacial score (nSPS) is 28.0. The van der Waals surface area contributed by atoms with Gasteiger partial charge in [0.1, 0.15) is 11.7 Å². The first-order valence-electron chi connectivity index (χ1n) is 7.17. The Balaban J connectivity index is 2.48. The summed E-state index contributed by atoms with van der Waals surface area (Å²) in [7, 11) is 2.66. The molecule has 1 saturated heterocycles. The van der Waals surface area contributed by atoms with Crippen LogP contribution in [0.2, 0.25) is 0 Å². The largest absolute Gasteiger partial charge is 0.497 e. The summed E-state index contributed by atoms with van der Waals surface area (Å²) in [5.41, 5.74) is 0.344. The van der Waals surface area contributed by atoms with Crippen LogP contribution in [0, 0.1) is 5.92 Å². The second-order valence-corrected chi connectivity index (χ2v) is 5.28. The van der Waals surface area contributed by atoms with Crippen LogP contribution in [0.3, 0.4) is 0 Å². The summed E-state index contributed by atoms with van der Waals surface area (Å²) in [4.78, 5) is 16.8. The molecule has 6 nitrogen and oxygen atoms in total. The minimum Gasteiger partial charge on any atom is -0.497 e. The lowest BCUT2D eigenvalue weighted by Crippen LogP contribution is -2.53. The van der Waals surface area contributed by atoms with E-state index < -0.39 is 29.9 Å². The summed E-state index contributed by atoms with van der Waals surface area (Å²) in [5.74, 6) is -6.35. The molecular formula is C15H18F3NO5. The zero-order valence-corrected chi connectivity index (χ0v) is 13.3. The maximum absolute atomic E-state index is 13.3. The van der Waals surface area contributed by atoms with Gasteiger partial charge in [0.15, 0.2) is 0 Å². The summed E-state index contributed by atoms with van der Waals surface area (Å²) >= 11 is 0. The fraction of sp³-hybridized carbons (Fsp3) is 0.533. The molecule has 0 amide bonds. The van der Waals surface area contributed by atoms with Gasteiger partial charge >= 0.3 is 12.1 Å². The van der Waals surface area contributed by atoms with Crippen LogP contribution < -0.4 is 4.74 Å². The first kappa shape index (κ1) is 18.5. The molecule has 0 radical (unpaired) electrons. The molecule has 0 bridgehead atoms. The highest BCUT2D eigenvalue weighted by molar-refractivity contribution is 5.75. The molecule has 1 heterocycles. The Labute approximate surface area is 136 Å². The number of halogens is 3. The van der Waals surface area contributed by atoms with Gasteiger partial charge in [0.05, 0.1) is 19.8 Å². The standard InChI is InChI=1S/C15H18F3NO5/c1-4-23-13(20)11-12(9-5-7-10(22-3)8-6-9)19(2)24-14(11,21)15(16,17)18/h5-8,11-12,21H,4H2,1-3H3/t11-,12+,14+/m0/s1. The topological polar surface area (TPSA) is 68.2 Å². The average molecular weight is 349 g/mol. The third-order valence-corrected chi connectivity index (χ3v) is 3.82. The number of ether oxygens (including phenoxy) is 2. The minimum atomic E-state index is -5.18. The Morgan fingerprint density at radius 1 is 1.38 bits per heavy atom. The number of carbonyl (C=O) groups is 1. The number of hydroxylamine groups is 2. The Bertz CT molecular complexity index is 592. The van der Waals surface area contributed by atoms with Crippen molar-refractivity contribution in [1.82, 2.24) is 5.06 Å². The van der Waals surface area contributed by atoms with Crippen LogP contribution in [0.4, 0.5) is 13.2 Å². The van der Waals surface area contributed by atoms with Gasteiger partial charge in [0, 0.05) is 7.05 Å². The molecule has 1 aromatic carbocycles. The van der Waals surface area contributed by atoms with E-state index in [4.69, 9.17) is 9.47 Å². The monoisotopic (exact) mass is 349 g/mol. The number of hydrogen-bond acceptors (Lipinski definition) is 6. The summed E-state index contributed by atoms with van der Waals surface area (Å²) in [5, 5.41) is 10.9. The number of carbonyl (C=O) groups excluding carboxylic acids is 1. The third kappa shape index (κ3) is 3.06. The van der Waals surface area contributed by atoms with Crippen molar-refractivity contribution in [3.05, 3.63) is 29.8 Å². The molecule has 0 spiro atoms. The number of alkyl halides is 3. The quantitative estimate of drug-likeness (QED) is 0.839. The Hall–Kier alpha value is -1.84. The third-order valence-electron chi connectivity index (χ3n) is 3.82. The van der Waals surface area contributed by atoms with Gasteiger partial charge < -0.3 is 14.6 Å². The van der Waals surface area contributed by atoms with Gasteiger partial charge in [0.2, 0.25) is 0 Å². The number of methoxy groups -OCH3 is 1. The van der Waals surface area contributed by atoms with Gasteiger partial charge in [0.25, 0.3) is 5.79 Å². The molecule has 0 aromatic heterocycles. The number of rotatable bonds is 4. The van der Waals surface area contributed by atoms with Crippen LogP contribution in [0.1, 0.15) is 18.5 Å². The van der Waals surface area contributed by atoms with Crippen LogP contribution in [-0.4, -0.2) is 48.9 Å². The number of benzene rings is 1. The lowest BCUT2D eigenvalue weighted by molar-refractivity contribution is -0.400. The van der Waals surface area contributed by atoms with Gasteiger partial charge in [-0.3, -0.25) is 9.63 Å². The first-order valence-corrected chi connectivity index (χ1v) is 7.17. The zero-order chi connectivity index (χ0) is 18.1. The maximum atomic E-state index is 13.3. The van der Waals surface area contributed by atoms with Crippen LogP contribution in [0.5, 0.6) is 5.75 Å². The molecular weight excluding hydrogens is 331 g/mol. The highest BCUT2D eigenvalue weighted by Gasteiger charge is 2.71. The second kappa shape index (κ2) is 6.58. The van der Waals surface area contributed by atoms with E-state index in [1.54, 1.807) is 0 Å². The van der Waals surface area contributed by atoms with Gasteiger partial charge in [-0.05, 0) is 24.6 Å². The SMILES string of the molecule is CCOC(=O)[C@@H]1[C@@H](c2ccc(OC)cc2)N(C)O[C@@]1(O)C(F)(F)F. The van der Waals surface area contributed by atoms with Crippen molar-refractivity contribution < 1.29 is 37.4 Å². The Morgan fingerprint density at radius 3 is 2.42 bits per heavy atom. The molecule has 1 aliphatic rings. The Morgan fingerprint density at radius 2 is 1.96 bits per heavy atom. The Kier molecular flexibility index (Phi) is 5.07. The van der Waals surface area contributed by atoms with Crippen molar-refractivity contribution in [2.45, 2.75) is 24.9 Å². The van der Waals surface area contributed by atoms with Gasteiger partial charge in [-0.25, -0.2) is 0 Å². The van der Waals surface area contributed by atoms with Crippen LogP contribution in [0.15, 0.2) is 24.3 Å². The summed E-state index contributed by atoms with van der Waals surface area (Å²) < 4.78 is 49.8. The second-order valence-electron chi connectivity index (χ2n) is 5.28. The van der Waals surface area contributed by atoms with Crippen LogP contribution in [0.25, 0.3) is 0 Å². The van der Waals surface area contributed by atoms with Crippen molar-refractivity contribution in [1.29, 1.82) is 0 Å². The smallest absolute Gasteiger partial charge is 0.445 e. The van der Waals surface area contributed by atoms with Gasteiger partial charge in [-0.2, -0.15) is 18.2 Å². The molecule has 0 aliphatic carbocycles. The molecule has 0 saturated carbocycles. The number of esters is 1. The van der Waals surface area contributed by atoms with Gasteiger partial charge in [-0.15, -0.1) is 0 Å². The molecule has 1 fully saturated rings. The molecule has 9 heteroatoms. The lowest BCUT2D eigenvalue weighted by Gasteiger charge is -2.29. The number of nitrogens with zero attached hydrogens (tertiary/aromatic N) is 1. The van der Waals surface area contributed by atoms with E-state index in [1.165, 1.54) is 45.3 Å². The highest BCUT2D eigenvalue weighted by atomic mass is 19.4. The molecule has 24 heavy (non-hydrogen) atoms. The number of hydrogen-bond donors (Lipinski definition) is 1. The highest BCUT2D eigenvalue weighted by Crippen LogP contribution is 2.51. The van der Waals surface area contributed by atoms with E-state index in [0.29, 0.717) is 11.3 Å². The lowest BCUT2D eigenvalue weighted by atomic mass is 9.87. The average Bonchev–Trinajstić information content (AvgIpc) is 2.79. The van der Waals surface area contributed by atoms with E-state index in [-0.39, 0.29) is 6.61 Å². The molecule has 134 valence electrons. The van der Waals surface area contributed by atoms with Crippen molar-refractivity contribution >= 4 is 5.97 Å². The summed E-state index contributed by atoms with van der Waals surface area (Å²) in [6.45, 7) is 1.34. The molecule has 0 unspecified atom stereocenters. The predicted octanol–water partition coefficient (Wildman–Crippen LogP) is 2.04. The van der Waals surface area contributed by atoms with E-state index in [2.05, 4.69) is 4.84 Å². The fourth-order valence-electron chi connectivity index (χ4n) is 2.71. The summed E-state index contributed by atoms with van der Waals surface area (Å²) in [6.07, 6.45) is -5.18. The fourth-order valence-corrected chi connectivity index (χ4v) is 2.71. The van der Waals surface area contributed by atoms with E-state index in [9.17, 15) is 23.1 Å². The molecule has 3 atom stereocenters. The minimum absolute atomic E-state index is 0.123. The maximum Gasteiger partial charge on any atom is 0.445 e. The van der Waals surface area contributed by atoms with Crippen molar-refractivity contribution in [3.8, 4) is 5.75 Å². The first-order chi connectivity index (χ1) is 11.2. The molecule has 1 N–H and O–H groups in total. The molecule has 1 aliphatic heterocycles. The number of aliphatic hydroxyl groups is 1. The van der Waals surface area contributed by atoms with E-state index in [1.807, 2.05) is 0 Å². The zero-order valence-electron chi connectivity index (χ0n) is 13.3. The van der Waals surface area contributed by atoms with Crippen LogP contribution in [-0.2, 0) is 14.4 Å².